The molecule has 1 atom stereocenters. The van der Waals surface area contributed by atoms with Crippen LogP contribution in [0.4, 0.5) is 0 Å². The molecule has 1 N–H and O–H groups in total. The average molecular weight is 276 g/mol. The lowest BCUT2D eigenvalue weighted by Gasteiger charge is -2.32. The summed E-state index contributed by atoms with van der Waals surface area (Å²) in [5.41, 5.74) is 0. The number of rotatable bonds is 9. The predicted octanol–water partition coefficient (Wildman–Crippen LogP) is 1.23. The van der Waals surface area contributed by atoms with Crippen molar-refractivity contribution in [2.24, 2.45) is 5.92 Å². The van der Waals surface area contributed by atoms with Crippen molar-refractivity contribution in [2.45, 2.75) is 26.4 Å². The van der Waals surface area contributed by atoms with Gasteiger partial charge in [0, 0.05) is 38.7 Å². The molecule has 1 fully saturated rings. The summed E-state index contributed by atoms with van der Waals surface area (Å²) in [6.45, 7) is 10.9. The van der Waals surface area contributed by atoms with E-state index in [0.717, 1.165) is 58.3 Å². The first-order valence-corrected chi connectivity index (χ1v) is 7.59. The lowest BCUT2D eigenvalue weighted by molar-refractivity contribution is -0.0346. The van der Waals surface area contributed by atoms with Crippen LogP contribution in [0.15, 0.2) is 0 Å². The zero-order valence-electron chi connectivity index (χ0n) is 11.7. The topological polar surface area (TPSA) is 33.7 Å². The summed E-state index contributed by atoms with van der Waals surface area (Å²) in [7, 11) is 0. The summed E-state index contributed by atoms with van der Waals surface area (Å²) in [4.78, 5) is 2.42. The van der Waals surface area contributed by atoms with E-state index in [-0.39, 0.29) is 0 Å². The van der Waals surface area contributed by atoms with Crippen molar-refractivity contribution in [3.8, 4) is 0 Å². The van der Waals surface area contributed by atoms with Crippen LogP contribution in [0, 0.1) is 5.92 Å². The molecule has 0 aromatic rings. The van der Waals surface area contributed by atoms with E-state index in [2.05, 4.69) is 36.7 Å². The number of ether oxygens (including phenoxy) is 2. The molecule has 0 radical (unpaired) electrons. The molecule has 0 amide bonds. The van der Waals surface area contributed by atoms with Gasteiger partial charge in [-0.15, -0.1) is 0 Å². The minimum atomic E-state index is 0.293. The van der Waals surface area contributed by atoms with Crippen LogP contribution in [0.3, 0.4) is 0 Å². The van der Waals surface area contributed by atoms with E-state index in [9.17, 15) is 0 Å². The van der Waals surface area contributed by atoms with Gasteiger partial charge in [0.15, 0.2) is 0 Å². The summed E-state index contributed by atoms with van der Waals surface area (Å²) in [6, 6.07) is 0. The Hall–Kier alpha value is 0.190. The van der Waals surface area contributed by atoms with Crippen LogP contribution in [0.25, 0.3) is 0 Å². The van der Waals surface area contributed by atoms with E-state index in [1.807, 2.05) is 0 Å². The van der Waals surface area contributed by atoms with Crippen LogP contribution in [0.2, 0.25) is 0 Å². The first-order valence-electron chi connectivity index (χ1n) is 6.95. The van der Waals surface area contributed by atoms with Crippen LogP contribution >= 0.6 is 12.6 Å². The maximum absolute atomic E-state index is 5.69. The number of nitrogens with one attached hydrogen (secondary N) is 1. The van der Waals surface area contributed by atoms with Crippen molar-refractivity contribution < 1.29 is 9.47 Å². The first kappa shape index (κ1) is 16.2. The van der Waals surface area contributed by atoms with Crippen molar-refractivity contribution in [3.05, 3.63) is 0 Å². The van der Waals surface area contributed by atoms with Gasteiger partial charge in [0.05, 0.1) is 19.3 Å². The van der Waals surface area contributed by atoms with Gasteiger partial charge in [-0.1, -0.05) is 13.8 Å². The van der Waals surface area contributed by atoms with Crippen molar-refractivity contribution in [1.29, 1.82) is 0 Å². The van der Waals surface area contributed by atoms with Crippen LogP contribution in [-0.2, 0) is 9.47 Å². The van der Waals surface area contributed by atoms with Crippen molar-refractivity contribution >= 4 is 12.6 Å². The maximum Gasteiger partial charge on any atom is 0.0827 e. The molecule has 0 unspecified atom stereocenters. The average Bonchev–Trinajstić information content (AvgIpc) is 2.36. The lowest BCUT2D eigenvalue weighted by atomic mass is 10.1. The molecule has 0 aromatic carbocycles. The molecule has 4 nitrogen and oxygen atoms in total. The third-order valence-electron chi connectivity index (χ3n) is 3.10. The van der Waals surface area contributed by atoms with Crippen LogP contribution in [0.5, 0.6) is 0 Å². The molecule has 0 saturated carbocycles. The lowest BCUT2D eigenvalue weighted by Crippen LogP contribution is -2.47. The SMILES string of the molecule is CC(C)CCOCCN1CCO[C@H](CNCS)C1. The Morgan fingerprint density at radius 3 is 3.00 bits per heavy atom. The summed E-state index contributed by atoms with van der Waals surface area (Å²) >= 11 is 4.14. The van der Waals surface area contributed by atoms with Gasteiger partial charge in [-0.3, -0.25) is 4.90 Å². The highest BCUT2D eigenvalue weighted by atomic mass is 32.1. The van der Waals surface area contributed by atoms with E-state index in [1.54, 1.807) is 0 Å². The molecule has 1 saturated heterocycles. The zero-order chi connectivity index (χ0) is 13.2. The molecule has 5 heteroatoms. The summed E-state index contributed by atoms with van der Waals surface area (Å²) in [6.07, 6.45) is 1.44. The predicted molar refractivity (Wildman–Crippen MR) is 78.3 cm³/mol. The Morgan fingerprint density at radius 2 is 2.28 bits per heavy atom. The molecule has 1 heterocycles. The molecule has 1 aliphatic rings. The van der Waals surface area contributed by atoms with Crippen molar-refractivity contribution in [1.82, 2.24) is 10.2 Å². The normalized spacial score (nSPS) is 21.7. The molecular formula is C13H28N2O2S. The molecule has 18 heavy (non-hydrogen) atoms. The quantitative estimate of drug-likeness (QED) is 0.377. The molecule has 1 rings (SSSR count). The van der Waals surface area contributed by atoms with Gasteiger partial charge in [0.1, 0.15) is 0 Å². The standard InChI is InChI=1S/C13H28N2O2S/c1-12(2)3-6-16-7-4-15-5-8-17-13(10-15)9-14-11-18/h12-14,18H,3-11H2,1-2H3/t13-/m1/s1. The van der Waals surface area contributed by atoms with E-state index < -0.39 is 0 Å². The van der Waals surface area contributed by atoms with Gasteiger partial charge in [0.25, 0.3) is 0 Å². The van der Waals surface area contributed by atoms with Gasteiger partial charge in [-0.2, -0.15) is 12.6 Å². The Kier molecular flexibility index (Phi) is 9.06. The monoisotopic (exact) mass is 276 g/mol. The highest BCUT2D eigenvalue weighted by Crippen LogP contribution is 2.04. The Labute approximate surface area is 117 Å². The summed E-state index contributed by atoms with van der Waals surface area (Å²) in [5.74, 6) is 1.43. The van der Waals surface area contributed by atoms with Gasteiger partial charge < -0.3 is 14.8 Å². The van der Waals surface area contributed by atoms with E-state index in [4.69, 9.17) is 9.47 Å². The van der Waals surface area contributed by atoms with Crippen molar-refractivity contribution in [2.75, 3.05) is 51.9 Å². The van der Waals surface area contributed by atoms with Crippen molar-refractivity contribution in [3.63, 3.8) is 0 Å². The Balaban J connectivity index is 2.03. The first-order chi connectivity index (χ1) is 8.72. The Morgan fingerprint density at radius 1 is 1.44 bits per heavy atom. The fourth-order valence-corrected chi connectivity index (χ4v) is 2.08. The van der Waals surface area contributed by atoms with E-state index in [0.29, 0.717) is 12.0 Å². The second kappa shape index (κ2) is 10.0. The van der Waals surface area contributed by atoms with E-state index in [1.165, 1.54) is 0 Å². The molecular weight excluding hydrogens is 248 g/mol. The highest BCUT2D eigenvalue weighted by molar-refractivity contribution is 7.80. The number of morpholine rings is 1. The van der Waals surface area contributed by atoms with Crippen LogP contribution in [0.1, 0.15) is 20.3 Å². The molecule has 108 valence electrons. The largest absolute Gasteiger partial charge is 0.380 e. The fourth-order valence-electron chi connectivity index (χ4n) is 1.95. The second-order valence-corrected chi connectivity index (χ2v) is 5.52. The third kappa shape index (κ3) is 7.59. The van der Waals surface area contributed by atoms with E-state index >= 15 is 0 Å². The molecule has 0 aromatic heterocycles. The number of hydrogen-bond acceptors (Lipinski definition) is 5. The Bertz CT molecular complexity index is 205. The maximum atomic E-state index is 5.69. The van der Waals surface area contributed by atoms with Gasteiger partial charge in [0.2, 0.25) is 0 Å². The minimum absolute atomic E-state index is 0.293. The highest BCUT2D eigenvalue weighted by Gasteiger charge is 2.19. The molecule has 0 spiro atoms. The summed E-state index contributed by atoms with van der Waals surface area (Å²) in [5, 5.41) is 3.21. The van der Waals surface area contributed by atoms with Crippen LogP contribution in [-0.4, -0.2) is 62.9 Å². The van der Waals surface area contributed by atoms with Gasteiger partial charge in [-0.25, -0.2) is 0 Å². The molecule has 0 bridgehead atoms. The van der Waals surface area contributed by atoms with Gasteiger partial charge in [-0.05, 0) is 12.3 Å². The smallest absolute Gasteiger partial charge is 0.0827 e. The summed E-state index contributed by atoms with van der Waals surface area (Å²) < 4.78 is 11.3. The second-order valence-electron chi connectivity index (χ2n) is 5.20. The number of thiol groups is 1. The number of nitrogens with zero attached hydrogens (tertiary/aromatic N) is 1. The third-order valence-corrected chi connectivity index (χ3v) is 3.32. The molecule has 0 aliphatic carbocycles. The van der Waals surface area contributed by atoms with Crippen LogP contribution < -0.4 is 5.32 Å². The number of hydrogen-bond donors (Lipinski definition) is 2. The molecule has 1 aliphatic heterocycles. The van der Waals surface area contributed by atoms with Gasteiger partial charge >= 0.3 is 0 Å². The zero-order valence-corrected chi connectivity index (χ0v) is 12.6. The fraction of sp³-hybridized carbons (Fsp3) is 1.00. The minimum Gasteiger partial charge on any atom is -0.380 e.